The quantitative estimate of drug-likeness (QED) is 0.159. The molecule has 57 heavy (non-hydrogen) atoms. The lowest BCUT2D eigenvalue weighted by Crippen LogP contribution is -1.91. The summed E-state index contributed by atoms with van der Waals surface area (Å²) in [5.74, 6) is 0. The number of hydrogen-bond donors (Lipinski definition) is 0. The summed E-state index contributed by atoms with van der Waals surface area (Å²) in [6.45, 7) is 6.78. The van der Waals surface area contributed by atoms with Crippen LogP contribution in [0.4, 0.5) is 0 Å². The first-order chi connectivity index (χ1) is 28.1. The molecular weight excluding hydrogens is 685 g/mol. The van der Waals surface area contributed by atoms with E-state index in [1.165, 1.54) is 137 Å². The molecule has 266 valence electrons. The lowest BCUT2D eigenvalue weighted by molar-refractivity contribution is 1.39. The monoisotopic (exact) mass is 722 g/mol. The van der Waals surface area contributed by atoms with E-state index in [1.54, 1.807) is 0 Å². The number of fused-ring (bicyclic) bond motifs is 8. The molecule has 0 aliphatic heterocycles. The fourth-order valence-electron chi connectivity index (χ4n) is 10.6. The first-order valence-corrected chi connectivity index (χ1v) is 20.1. The van der Waals surface area contributed by atoms with Gasteiger partial charge in [0.05, 0.1) is 0 Å². The molecule has 0 aromatic heterocycles. The van der Waals surface area contributed by atoms with Crippen LogP contribution in [0, 0.1) is 20.8 Å². The average Bonchev–Trinajstić information content (AvgIpc) is 3.76. The maximum absolute atomic E-state index is 2.55. The highest BCUT2D eigenvalue weighted by Crippen LogP contribution is 2.55. The molecule has 0 aliphatic rings. The highest BCUT2D eigenvalue weighted by Gasteiger charge is 2.27. The van der Waals surface area contributed by atoms with E-state index in [-0.39, 0.29) is 0 Å². The van der Waals surface area contributed by atoms with Crippen LogP contribution in [0.2, 0.25) is 0 Å². The summed E-state index contributed by atoms with van der Waals surface area (Å²) in [5, 5.41) is 18.6. The molecule has 0 nitrogen and oxygen atoms in total. The lowest BCUT2D eigenvalue weighted by Gasteiger charge is -2.19. The van der Waals surface area contributed by atoms with Crippen molar-refractivity contribution in [3.8, 4) is 44.5 Å². The van der Waals surface area contributed by atoms with Crippen LogP contribution < -0.4 is 0 Å². The molecule has 12 rings (SSSR count). The van der Waals surface area contributed by atoms with Crippen molar-refractivity contribution in [2.24, 2.45) is 0 Å². The van der Waals surface area contributed by atoms with Crippen molar-refractivity contribution in [2.45, 2.75) is 20.8 Å². The molecule has 0 aliphatic carbocycles. The zero-order chi connectivity index (χ0) is 37.9. The standard InChI is InChI=1S/C57H38/c1-33-15-13-16-34(2)49(33)42-29-30-44-53-41(42)23-14-24-43(53)57-52(38-21-11-6-12-22-38)55-45-27-25-35(3)50-46-31-39(36-17-7-4-8-18-36)26-28-40(46)47(54(45)50)32-48(55)51(56(44)57)37-19-9-5-10-20-37/h4-32H,1-3H3. The third-order valence-electron chi connectivity index (χ3n) is 12.9. The van der Waals surface area contributed by atoms with Gasteiger partial charge in [-0.1, -0.05) is 164 Å². The Balaban J connectivity index is 1.34. The van der Waals surface area contributed by atoms with Gasteiger partial charge in [-0.25, -0.2) is 0 Å². The minimum absolute atomic E-state index is 1.24. The molecule has 0 radical (unpaired) electrons. The van der Waals surface area contributed by atoms with Crippen LogP contribution in [-0.4, -0.2) is 0 Å². The van der Waals surface area contributed by atoms with Crippen LogP contribution in [0.1, 0.15) is 16.7 Å². The van der Waals surface area contributed by atoms with Crippen LogP contribution in [0.5, 0.6) is 0 Å². The number of hydrogen-bond acceptors (Lipinski definition) is 0. The van der Waals surface area contributed by atoms with Crippen molar-refractivity contribution in [3.63, 3.8) is 0 Å². The van der Waals surface area contributed by atoms with Gasteiger partial charge in [-0.3, -0.25) is 0 Å². The molecule has 0 amide bonds. The fraction of sp³-hybridized carbons (Fsp3) is 0.0526. The first-order valence-electron chi connectivity index (χ1n) is 20.1. The van der Waals surface area contributed by atoms with Crippen molar-refractivity contribution >= 4 is 75.4 Å². The molecule has 0 saturated carbocycles. The highest BCUT2D eigenvalue weighted by atomic mass is 14.3. The Morgan fingerprint density at radius 1 is 0.228 bits per heavy atom. The number of rotatable bonds is 4. The normalized spacial score (nSPS) is 12.1. The van der Waals surface area contributed by atoms with Gasteiger partial charge in [-0.15, -0.1) is 0 Å². The summed E-state index contributed by atoms with van der Waals surface area (Å²) >= 11 is 0. The van der Waals surface area contributed by atoms with Gasteiger partial charge in [-0.05, 0) is 170 Å². The summed E-state index contributed by atoms with van der Waals surface area (Å²) in [6, 6.07) is 66.1. The Morgan fingerprint density at radius 3 is 1.49 bits per heavy atom. The van der Waals surface area contributed by atoms with E-state index in [9.17, 15) is 0 Å². The molecule has 12 aromatic carbocycles. The minimum atomic E-state index is 1.24. The van der Waals surface area contributed by atoms with E-state index in [0.29, 0.717) is 0 Å². The maximum Gasteiger partial charge on any atom is -0.000719 e. The molecular formula is C57H38. The summed E-state index contributed by atoms with van der Waals surface area (Å²) in [7, 11) is 0. The third kappa shape index (κ3) is 4.44. The van der Waals surface area contributed by atoms with Gasteiger partial charge >= 0.3 is 0 Å². The largest absolute Gasteiger partial charge is 0.0622 e. The SMILES string of the molecule is Cc1cccc(C)c1-c1ccc2c3c(-c4ccccc4)c4cc5c6ccc(-c7ccccc7)cc6c6c(C)ccc(c4c(-c4ccccc4)c3c3cccc1c23)c56. The van der Waals surface area contributed by atoms with Gasteiger partial charge in [0.15, 0.2) is 0 Å². The number of benzene rings is 10. The molecule has 12 aromatic rings. The highest BCUT2D eigenvalue weighted by molar-refractivity contribution is 6.45. The zero-order valence-corrected chi connectivity index (χ0v) is 32.2. The zero-order valence-electron chi connectivity index (χ0n) is 32.2. The Bertz CT molecular complexity index is 3540. The average molecular weight is 723 g/mol. The lowest BCUT2D eigenvalue weighted by atomic mass is 9.83. The summed E-state index contributed by atoms with van der Waals surface area (Å²) in [6.07, 6.45) is 0. The molecule has 0 bridgehead atoms. The van der Waals surface area contributed by atoms with E-state index < -0.39 is 0 Å². The molecule has 0 spiro atoms. The summed E-state index contributed by atoms with van der Waals surface area (Å²) in [5.41, 5.74) is 14.2. The Morgan fingerprint density at radius 2 is 0.772 bits per heavy atom. The second-order valence-corrected chi connectivity index (χ2v) is 16.0. The Hall–Kier alpha value is -7.02. The van der Waals surface area contributed by atoms with E-state index >= 15 is 0 Å². The Kier molecular flexibility index (Phi) is 6.78. The maximum atomic E-state index is 2.55. The van der Waals surface area contributed by atoms with Crippen molar-refractivity contribution in [1.29, 1.82) is 0 Å². The summed E-state index contributed by atoms with van der Waals surface area (Å²) < 4.78 is 0. The van der Waals surface area contributed by atoms with Crippen LogP contribution in [0.25, 0.3) is 120 Å². The van der Waals surface area contributed by atoms with Crippen molar-refractivity contribution < 1.29 is 0 Å². The molecule has 0 heteroatoms. The predicted molar refractivity (Wildman–Crippen MR) is 247 cm³/mol. The molecule has 0 heterocycles. The van der Waals surface area contributed by atoms with Crippen molar-refractivity contribution in [2.75, 3.05) is 0 Å². The molecule has 0 fully saturated rings. The summed E-state index contributed by atoms with van der Waals surface area (Å²) in [4.78, 5) is 0. The first kappa shape index (κ1) is 32.2. The third-order valence-corrected chi connectivity index (χ3v) is 12.9. The number of aryl methyl sites for hydroxylation is 3. The van der Waals surface area contributed by atoms with Crippen molar-refractivity contribution in [1.82, 2.24) is 0 Å². The Labute approximate surface area is 331 Å². The second-order valence-electron chi connectivity index (χ2n) is 16.0. The smallest absolute Gasteiger partial charge is 0.000719 e. The molecule has 0 unspecified atom stereocenters. The van der Waals surface area contributed by atoms with E-state index in [4.69, 9.17) is 0 Å². The van der Waals surface area contributed by atoms with Gasteiger partial charge in [-0.2, -0.15) is 0 Å². The van der Waals surface area contributed by atoms with Gasteiger partial charge in [0.25, 0.3) is 0 Å². The van der Waals surface area contributed by atoms with Crippen molar-refractivity contribution in [3.05, 3.63) is 193 Å². The van der Waals surface area contributed by atoms with E-state index in [2.05, 4.69) is 197 Å². The van der Waals surface area contributed by atoms with Crippen LogP contribution in [0.3, 0.4) is 0 Å². The van der Waals surface area contributed by atoms with Crippen LogP contribution >= 0.6 is 0 Å². The minimum Gasteiger partial charge on any atom is -0.0622 e. The van der Waals surface area contributed by atoms with Crippen LogP contribution in [-0.2, 0) is 0 Å². The van der Waals surface area contributed by atoms with Gasteiger partial charge in [0.2, 0.25) is 0 Å². The van der Waals surface area contributed by atoms with Gasteiger partial charge in [0, 0.05) is 0 Å². The molecule has 0 N–H and O–H groups in total. The fourth-order valence-corrected chi connectivity index (χ4v) is 10.6. The van der Waals surface area contributed by atoms with E-state index in [1.807, 2.05) is 0 Å². The van der Waals surface area contributed by atoms with Gasteiger partial charge in [0.1, 0.15) is 0 Å². The predicted octanol–water partition coefficient (Wildman–Crippen LogP) is 16.2. The second kappa shape index (κ2) is 12.0. The molecule has 0 atom stereocenters. The van der Waals surface area contributed by atoms with Crippen LogP contribution in [0.15, 0.2) is 176 Å². The van der Waals surface area contributed by atoms with Gasteiger partial charge < -0.3 is 0 Å². The van der Waals surface area contributed by atoms with E-state index in [0.717, 1.165) is 0 Å². The topological polar surface area (TPSA) is 0 Å². The molecule has 0 saturated heterocycles.